The van der Waals surface area contributed by atoms with Crippen LogP contribution >= 0.6 is 0 Å². The van der Waals surface area contributed by atoms with Crippen LogP contribution in [0.15, 0.2) is 41.6 Å². The first-order valence-electron chi connectivity index (χ1n) is 5.59. The Morgan fingerprint density at radius 2 is 2.21 bits per heavy atom. The quantitative estimate of drug-likeness (QED) is 0.764. The molecule has 3 aromatic rings. The highest BCUT2D eigenvalue weighted by Gasteiger charge is 2.09. The van der Waals surface area contributed by atoms with E-state index in [-0.39, 0.29) is 11.3 Å². The topological polar surface area (TPSA) is 59.9 Å². The summed E-state index contributed by atoms with van der Waals surface area (Å²) in [5.74, 6) is -0.294. The van der Waals surface area contributed by atoms with Crippen LogP contribution in [-0.4, -0.2) is 21.6 Å². The number of nitrogens with zero attached hydrogens (tertiary/aromatic N) is 2. The second kappa shape index (κ2) is 4.24. The van der Waals surface area contributed by atoms with Gasteiger partial charge in [-0.25, -0.2) is 9.37 Å². The lowest BCUT2D eigenvalue weighted by atomic mass is 10.3. The van der Waals surface area contributed by atoms with Gasteiger partial charge in [0.1, 0.15) is 0 Å². The average molecular weight is 259 g/mol. The molecule has 2 aromatic heterocycles. The molecule has 0 aliphatic heterocycles. The summed E-state index contributed by atoms with van der Waals surface area (Å²) in [6.07, 6.45) is 3.04. The van der Waals surface area contributed by atoms with E-state index in [1.165, 1.54) is 19.5 Å². The van der Waals surface area contributed by atoms with E-state index in [2.05, 4.69) is 9.97 Å². The van der Waals surface area contributed by atoms with Crippen molar-refractivity contribution in [3.8, 4) is 11.4 Å². The molecule has 1 N–H and O–H groups in total. The number of nitrogens with one attached hydrogen (secondary N) is 1. The summed E-state index contributed by atoms with van der Waals surface area (Å²) in [6, 6.07) is 6.13. The van der Waals surface area contributed by atoms with E-state index in [4.69, 9.17) is 4.74 Å². The normalized spacial score (nSPS) is 10.8. The molecule has 2 heterocycles. The van der Waals surface area contributed by atoms with Gasteiger partial charge in [0, 0.05) is 12.3 Å². The monoisotopic (exact) mass is 259 g/mol. The molecule has 6 heteroatoms. The highest BCUT2D eigenvalue weighted by atomic mass is 19.1. The van der Waals surface area contributed by atoms with Crippen molar-refractivity contribution < 1.29 is 9.13 Å². The van der Waals surface area contributed by atoms with E-state index in [0.717, 1.165) is 0 Å². The Morgan fingerprint density at radius 3 is 3.00 bits per heavy atom. The van der Waals surface area contributed by atoms with Gasteiger partial charge in [-0.3, -0.25) is 4.79 Å². The maximum atomic E-state index is 13.4. The van der Waals surface area contributed by atoms with Gasteiger partial charge in [-0.15, -0.1) is 0 Å². The second-order valence-corrected chi connectivity index (χ2v) is 3.97. The van der Waals surface area contributed by atoms with Gasteiger partial charge in [-0.05, 0) is 18.2 Å². The van der Waals surface area contributed by atoms with Crippen molar-refractivity contribution in [3.63, 3.8) is 0 Å². The van der Waals surface area contributed by atoms with Crippen molar-refractivity contribution >= 4 is 11.0 Å². The van der Waals surface area contributed by atoms with Gasteiger partial charge >= 0.3 is 0 Å². The first-order chi connectivity index (χ1) is 9.20. The number of halogens is 1. The summed E-state index contributed by atoms with van der Waals surface area (Å²) in [5, 5.41) is 0.478. The van der Waals surface area contributed by atoms with E-state index in [1.54, 1.807) is 29.0 Å². The van der Waals surface area contributed by atoms with Crippen LogP contribution in [0.25, 0.3) is 16.7 Å². The molecule has 1 aromatic carbocycles. The molecule has 3 rings (SSSR count). The molecule has 5 nitrogen and oxygen atoms in total. The summed E-state index contributed by atoms with van der Waals surface area (Å²) in [5.41, 5.74) is 0.974. The Balaban J connectivity index is 2.25. The number of H-pyrrole nitrogens is 1. The fraction of sp³-hybridized carbons (Fsp3) is 0.0769. The van der Waals surface area contributed by atoms with Crippen LogP contribution in [0.2, 0.25) is 0 Å². The van der Waals surface area contributed by atoms with Crippen LogP contribution in [-0.2, 0) is 0 Å². The van der Waals surface area contributed by atoms with Gasteiger partial charge in [-0.2, -0.15) is 0 Å². The van der Waals surface area contributed by atoms with Crippen molar-refractivity contribution in [3.05, 3.63) is 53.0 Å². The van der Waals surface area contributed by atoms with E-state index in [1.807, 2.05) is 0 Å². The zero-order valence-corrected chi connectivity index (χ0v) is 10.1. The number of benzene rings is 1. The molecule has 0 saturated carbocycles. The summed E-state index contributed by atoms with van der Waals surface area (Å²) in [6.45, 7) is 0. The number of aromatic amines is 1. The largest absolute Gasteiger partial charge is 0.494 e. The number of aromatic nitrogens is 3. The minimum atomic E-state index is -0.437. The fourth-order valence-corrected chi connectivity index (χ4v) is 1.97. The number of hydrogen-bond donors (Lipinski definition) is 1. The Kier molecular flexibility index (Phi) is 2.56. The Bertz CT molecular complexity index is 807. The van der Waals surface area contributed by atoms with Crippen LogP contribution in [0.5, 0.6) is 5.75 Å². The maximum absolute atomic E-state index is 13.4. The molecule has 0 fully saturated rings. The molecule has 19 heavy (non-hydrogen) atoms. The third kappa shape index (κ3) is 1.77. The van der Waals surface area contributed by atoms with Gasteiger partial charge < -0.3 is 14.3 Å². The minimum absolute atomic E-state index is 0.143. The Morgan fingerprint density at radius 1 is 1.37 bits per heavy atom. The molecule has 0 aliphatic rings. The minimum Gasteiger partial charge on any atom is -0.494 e. The van der Waals surface area contributed by atoms with Gasteiger partial charge in [0.15, 0.2) is 17.2 Å². The third-order valence-corrected chi connectivity index (χ3v) is 2.90. The van der Waals surface area contributed by atoms with E-state index >= 15 is 0 Å². The smallest absolute Gasteiger partial charge is 0.260 e. The lowest BCUT2D eigenvalue weighted by molar-refractivity contribution is 0.386. The van der Waals surface area contributed by atoms with Crippen LogP contribution < -0.4 is 10.3 Å². The standard InChI is InChI=1S/C13H10FN3O2/c1-19-11-6-8(2-3-10(11)14)17-5-4-9-12(17)15-7-16-13(9)18/h2-7H,1H3,(H,15,16,18). The van der Waals surface area contributed by atoms with E-state index < -0.39 is 5.82 Å². The van der Waals surface area contributed by atoms with Crippen LogP contribution in [0.1, 0.15) is 0 Å². The molecule has 0 aliphatic carbocycles. The van der Waals surface area contributed by atoms with Crippen LogP contribution in [0.4, 0.5) is 4.39 Å². The molecular weight excluding hydrogens is 249 g/mol. The van der Waals surface area contributed by atoms with Crippen molar-refractivity contribution in [2.45, 2.75) is 0 Å². The molecule has 0 bridgehead atoms. The Labute approximate surface area is 107 Å². The van der Waals surface area contributed by atoms with E-state index in [0.29, 0.717) is 16.7 Å². The summed E-state index contributed by atoms with van der Waals surface area (Å²) in [4.78, 5) is 18.2. The lowest BCUT2D eigenvalue weighted by Crippen LogP contribution is -2.06. The SMILES string of the molecule is COc1cc(-n2ccc3c(=O)[nH]cnc32)ccc1F. The molecule has 0 amide bonds. The zero-order valence-electron chi connectivity index (χ0n) is 10.1. The molecule has 0 unspecified atom stereocenters. The van der Waals surface area contributed by atoms with E-state index in [9.17, 15) is 9.18 Å². The highest BCUT2D eigenvalue weighted by molar-refractivity contribution is 5.76. The number of rotatable bonds is 2. The van der Waals surface area contributed by atoms with Crippen LogP contribution in [0.3, 0.4) is 0 Å². The Hall–Kier alpha value is -2.63. The van der Waals surface area contributed by atoms with Crippen molar-refractivity contribution in [2.24, 2.45) is 0 Å². The van der Waals surface area contributed by atoms with Gasteiger partial charge in [0.25, 0.3) is 5.56 Å². The molecule has 0 saturated heterocycles. The van der Waals surface area contributed by atoms with Gasteiger partial charge in [-0.1, -0.05) is 0 Å². The first kappa shape index (κ1) is 11.5. The van der Waals surface area contributed by atoms with Crippen molar-refractivity contribution in [2.75, 3.05) is 7.11 Å². The second-order valence-electron chi connectivity index (χ2n) is 3.97. The highest BCUT2D eigenvalue weighted by Crippen LogP contribution is 2.23. The molecule has 0 atom stereocenters. The van der Waals surface area contributed by atoms with Crippen molar-refractivity contribution in [1.29, 1.82) is 0 Å². The first-order valence-corrected chi connectivity index (χ1v) is 5.59. The fourth-order valence-electron chi connectivity index (χ4n) is 1.97. The zero-order chi connectivity index (χ0) is 13.4. The molecule has 96 valence electrons. The summed E-state index contributed by atoms with van der Waals surface area (Å²) >= 11 is 0. The number of ether oxygens (including phenoxy) is 1. The molecule has 0 radical (unpaired) electrons. The maximum Gasteiger partial charge on any atom is 0.260 e. The summed E-state index contributed by atoms with van der Waals surface area (Å²) < 4.78 is 20.0. The molecular formula is C13H10FN3O2. The third-order valence-electron chi connectivity index (χ3n) is 2.90. The van der Waals surface area contributed by atoms with Gasteiger partial charge in [0.2, 0.25) is 0 Å². The predicted octanol–water partition coefficient (Wildman–Crippen LogP) is 1.86. The number of hydrogen-bond acceptors (Lipinski definition) is 3. The number of methoxy groups -OCH3 is 1. The predicted molar refractivity (Wildman–Crippen MR) is 68.2 cm³/mol. The summed E-state index contributed by atoms with van der Waals surface area (Å²) in [7, 11) is 1.40. The average Bonchev–Trinajstić information content (AvgIpc) is 2.85. The van der Waals surface area contributed by atoms with Crippen LogP contribution in [0, 0.1) is 5.82 Å². The molecule has 0 spiro atoms. The van der Waals surface area contributed by atoms with Crippen molar-refractivity contribution in [1.82, 2.24) is 14.5 Å². The lowest BCUT2D eigenvalue weighted by Gasteiger charge is -2.07. The number of fused-ring (bicyclic) bond motifs is 1. The van der Waals surface area contributed by atoms with Gasteiger partial charge in [0.05, 0.1) is 24.5 Å².